The van der Waals surface area contributed by atoms with Crippen molar-refractivity contribution in [3.05, 3.63) is 167 Å². The van der Waals surface area contributed by atoms with Gasteiger partial charge in [0.25, 0.3) is 11.8 Å². The molecule has 8 heteroatoms. The van der Waals surface area contributed by atoms with Crippen LogP contribution in [0.5, 0.6) is 0 Å². The molecule has 0 aliphatic heterocycles. The van der Waals surface area contributed by atoms with Gasteiger partial charge in [-0.1, -0.05) is 60.7 Å². The van der Waals surface area contributed by atoms with Crippen molar-refractivity contribution >= 4 is 45.0 Å². The van der Waals surface area contributed by atoms with Crippen LogP contribution in [0.3, 0.4) is 0 Å². The summed E-state index contributed by atoms with van der Waals surface area (Å²) in [6.45, 7) is 3.75. The van der Waals surface area contributed by atoms with Gasteiger partial charge in [0.2, 0.25) is 0 Å². The van der Waals surface area contributed by atoms with Gasteiger partial charge in [0.05, 0.1) is 22.2 Å². The minimum atomic E-state index is -0.226. The number of benzene rings is 4. The summed E-state index contributed by atoms with van der Waals surface area (Å²) in [5, 5.41) is 7.61. The van der Waals surface area contributed by atoms with Crippen molar-refractivity contribution < 1.29 is 18.4 Å². The molecular weight excluding hydrogens is 636 g/mol. The quantitative estimate of drug-likeness (QED) is 0.167. The molecule has 2 amide bonds. The van der Waals surface area contributed by atoms with Gasteiger partial charge in [-0.15, -0.1) is 0 Å². The lowest BCUT2D eigenvalue weighted by Crippen LogP contribution is -2.13. The fourth-order valence-electron chi connectivity index (χ4n) is 6.17. The van der Waals surface area contributed by atoms with Gasteiger partial charge in [0, 0.05) is 22.1 Å². The van der Waals surface area contributed by atoms with Gasteiger partial charge >= 0.3 is 0 Å². The highest BCUT2D eigenvalue weighted by molar-refractivity contribution is 6.14. The number of carbonyl (C=O) groups is 2. The number of pyridine rings is 2. The monoisotopic (exact) mass is 668 g/mol. The zero-order valence-corrected chi connectivity index (χ0v) is 27.9. The third-order valence-corrected chi connectivity index (χ3v) is 8.74. The SMILES string of the molecule is Cc1ccc(-c2cc(C(=O)Nc3ccc(Cc4ccc(NC(=O)c5cc(-c6ccc(C)o6)nc6ccccc56)cc4)cc3)c3ccccc3n2)o1. The molecule has 0 aliphatic rings. The van der Waals surface area contributed by atoms with Crippen molar-refractivity contribution in [3.63, 3.8) is 0 Å². The Kier molecular flexibility index (Phi) is 8.17. The van der Waals surface area contributed by atoms with Crippen LogP contribution in [0, 0.1) is 13.8 Å². The number of para-hydroxylation sites is 2. The average molecular weight is 669 g/mol. The number of aromatic nitrogens is 2. The van der Waals surface area contributed by atoms with Crippen LogP contribution in [-0.4, -0.2) is 21.8 Å². The molecule has 248 valence electrons. The van der Waals surface area contributed by atoms with Gasteiger partial charge < -0.3 is 19.5 Å². The number of hydrogen-bond acceptors (Lipinski definition) is 6. The Morgan fingerprint density at radius 2 is 0.941 bits per heavy atom. The fraction of sp³-hybridized carbons (Fsp3) is 0.0698. The summed E-state index contributed by atoms with van der Waals surface area (Å²) in [5.41, 5.74) is 7.22. The average Bonchev–Trinajstić information content (AvgIpc) is 3.80. The third kappa shape index (κ3) is 6.63. The maximum Gasteiger partial charge on any atom is 0.256 e. The summed E-state index contributed by atoms with van der Waals surface area (Å²) < 4.78 is 11.6. The fourth-order valence-corrected chi connectivity index (χ4v) is 6.17. The van der Waals surface area contributed by atoms with Crippen molar-refractivity contribution in [2.45, 2.75) is 20.3 Å². The Bertz CT molecular complexity index is 2390. The zero-order chi connectivity index (χ0) is 34.9. The van der Waals surface area contributed by atoms with E-state index in [1.165, 1.54) is 0 Å². The lowest BCUT2D eigenvalue weighted by atomic mass is 10.0. The van der Waals surface area contributed by atoms with Gasteiger partial charge in [-0.2, -0.15) is 0 Å². The van der Waals surface area contributed by atoms with Crippen molar-refractivity contribution in [1.82, 2.24) is 9.97 Å². The number of fused-ring (bicyclic) bond motifs is 2. The first kappa shape index (κ1) is 31.5. The van der Waals surface area contributed by atoms with E-state index in [1.54, 1.807) is 12.1 Å². The van der Waals surface area contributed by atoms with E-state index in [0.717, 1.165) is 44.5 Å². The largest absolute Gasteiger partial charge is 0.460 e. The number of furan rings is 2. The number of carbonyl (C=O) groups excluding carboxylic acids is 2. The molecule has 0 radical (unpaired) electrons. The van der Waals surface area contributed by atoms with E-state index in [2.05, 4.69) is 10.6 Å². The van der Waals surface area contributed by atoms with Crippen LogP contribution in [0.15, 0.2) is 142 Å². The molecule has 4 heterocycles. The van der Waals surface area contributed by atoms with E-state index in [1.807, 2.05) is 135 Å². The molecule has 8 nitrogen and oxygen atoms in total. The van der Waals surface area contributed by atoms with Crippen molar-refractivity contribution in [2.24, 2.45) is 0 Å². The van der Waals surface area contributed by atoms with Crippen molar-refractivity contribution in [1.29, 1.82) is 0 Å². The third-order valence-electron chi connectivity index (χ3n) is 8.74. The molecule has 8 rings (SSSR count). The number of anilines is 2. The summed E-state index contributed by atoms with van der Waals surface area (Å²) in [6, 6.07) is 41.8. The maximum absolute atomic E-state index is 13.5. The summed E-state index contributed by atoms with van der Waals surface area (Å²) in [4.78, 5) is 36.5. The number of rotatable bonds is 8. The molecule has 0 saturated carbocycles. The van der Waals surface area contributed by atoms with Crippen molar-refractivity contribution in [2.75, 3.05) is 10.6 Å². The molecule has 0 unspecified atom stereocenters. The molecule has 4 aromatic heterocycles. The predicted molar refractivity (Wildman–Crippen MR) is 200 cm³/mol. The molecule has 2 N–H and O–H groups in total. The first-order chi connectivity index (χ1) is 24.9. The number of amides is 2. The van der Waals surface area contributed by atoms with Gasteiger partial charge in [-0.25, -0.2) is 9.97 Å². The molecule has 0 saturated heterocycles. The Hall–Kier alpha value is -6.80. The molecular formula is C43H32N4O4. The van der Waals surface area contributed by atoms with E-state index in [-0.39, 0.29) is 11.8 Å². The normalized spacial score (nSPS) is 11.2. The van der Waals surface area contributed by atoms with Crippen LogP contribution in [0.1, 0.15) is 43.4 Å². The summed E-state index contributed by atoms with van der Waals surface area (Å²) in [7, 11) is 0. The van der Waals surface area contributed by atoms with Crippen LogP contribution < -0.4 is 10.6 Å². The molecule has 8 aromatic rings. The van der Waals surface area contributed by atoms with Crippen LogP contribution in [-0.2, 0) is 6.42 Å². The molecule has 0 bridgehead atoms. The van der Waals surface area contributed by atoms with E-state index in [0.29, 0.717) is 51.8 Å². The minimum absolute atomic E-state index is 0.226. The number of nitrogens with zero attached hydrogens (tertiary/aromatic N) is 2. The van der Waals surface area contributed by atoms with Crippen LogP contribution in [0.2, 0.25) is 0 Å². The molecule has 0 spiro atoms. The lowest BCUT2D eigenvalue weighted by molar-refractivity contribution is 0.102. The topological polar surface area (TPSA) is 110 Å². The van der Waals surface area contributed by atoms with Gasteiger partial charge in [0.1, 0.15) is 22.9 Å². The minimum Gasteiger partial charge on any atom is -0.460 e. The smallest absolute Gasteiger partial charge is 0.256 e. The zero-order valence-electron chi connectivity index (χ0n) is 27.9. The summed E-state index contributed by atoms with van der Waals surface area (Å²) >= 11 is 0. The second-order valence-corrected chi connectivity index (χ2v) is 12.4. The lowest BCUT2D eigenvalue weighted by Gasteiger charge is -2.11. The maximum atomic E-state index is 13.5. The molecule has 51 heavy (non-hydrogen) atoms. The Balaban J connectivity index is 0.946. The summed E-state index contributed by atoms with van der Waals surface area (Å²) in [6.07, 6.45) is 0.685. The van der Waals surface area contributed by atoms with Crippen LogP contribution in [0.25, 0.3) is 44.7 Å². The highest BCUT2D eigenvalue weighted by Crippen LogP contribution is 2.29. The Morgan fingerprint density at radius 3 is 1.33 bits per heavy atom. The standard InChI is InChI=1S/C43H32N4O4/c1-26-11-21-40(50-26)38-24-34(32-7-3-5-9-36(32)46-38)42(48)44-30-17-13-28(14-18-30)23-29-15-19-31(20-16-29)45-43(49)35-25-39(41-22-12-27(2)51-41)47-37-10-6-4-8-33(35)37/h3-22,24-25H,23H2,1-2H3,(H,44,48)(H,45,49). The van der Waals surface area contributed by atoms with E-state index in [9.17, 15) is 9.59 Å². The van der Waals surface area contributed by atoms with Gasteiger partial charge in [-0.05, 0) is 104 Å². The number of hydrogen-bond donors (Lipinski definition) is 2. The van der Waals surface area contributed by atoms with E-state index in [4.69, 9.17) is 18.8 Å². The summed E-state index contributed by atoms with van der Waals surface area (Å²) in [5.74, 6) is 2.33. The number of nitrogens with one attached hydrogen (secondary N) is 2. The molecule has 0 fully saturated rings. The first-order valence-electron chi connectivity index (χ1n) is 16.6. The predicted octanol–water partition coefficient (Wildman–Crippen LogP) is 10.0. The molecule has 4 aromatic carbocycles. The van der Waals surface area contributed by atoms with E-state index >= 15 is 0 Å². The highest BCUT2D eigenvalue weighted by atomic mass is 16.3. The number of aryl methyl sites for hydroxylation is 2. The van der Waals surface area contributed by atoms with Gasteiger partial charge in [0.15, 0.2) is 11.5 Å². The molecule has 0 atom stereocenters. The van der Waals surface area contributed by atoms with Crippen LogP contribution in [0.4, 0.5) is 11.4 Å². The Morgan fingerprint density at radius 1 is 0.529 bits per heavy atom. The molecule has 0 aliphatic carbocycles. The second kappa shape index (κ2) is 13.2. The van der Waals surface area contributed by atoms with Crippen molar-refractivity contribution in [3.8, 4) is 22.9 Å². The Labute approximate surface area is 293 Å². The van der Waals surface area contributed by atoms with Gasteiger partial charge in [-0.3, -0.25) is 9.59 Å². The highest BCUT2D eigenvalue weighted by Gasteiger charge is 2.17. The van der Waals surface area contributed by atoms with Crippen LogP contribution >= 0.6 is 0 Å². The van der Waals surface area contributed by atoms with E-state index < -0.39 is 0 Å². The second-order valence-electron chi connectivity index (χ2n) is 12.4. The first-order valence-corrected chi connectivity index (χ1v) is 16.6.